The number of carbonyl (C=O) groups excluding carboxylic acids is 1. The molecule has 5 heteroatoms. The van der Waals surface area contributed by atoms with Crippen molar-refractivity contribution in [3.05, 3.63) is 24.3 Å². The van der Waals surface area contributed by atoms with E-state index in [1.54, 1.807) is 0 Å². The highest BCUT2D eigenvalue weighted by Gasteiger charge is 2.27. The molecule has 1 aromatic carbocycles. The van der Waals surface area contributed by atoms with E-state index in [1.807, 2.05) is 0 Å². The Morgan fingerprint density at radius 1 is 0.963 bits per heavy atom. The van der Waals surface area contributed by atoms with Crippen LogP contribution >= 0.6 is 0 Å². The molecule has 1 aliphatic carbocycles. The molecule has 0 radical (unpaired) electrons. The molecule has 0 amide bonds. The van der Waals surface area contributed by atoms with Gasteiger partial charge in [-0.25, -0.2) is 0 Å². The maximum atomic E-state index is 12.3. The Bertz CT molecular complexity index is 537. The van der Waals surface area contributed by atoms with Crippen LogP contribution in [0.3, 0.4) is 0 Å². The quantitative estimate of drug-likeness (QED) is 0.241. The van der Waals surface area contributed by atoms with Crippen LogP contribution in [-0.4, -0.2) is 12.6 Å². The molecular weight excluding hydrogens is 350 g/mol. The molecule has 1 saturated carbocycles. The Balaban J connectivity index is 1.64. The summed E-state index contributed by atoms with van der Waals surface area (Å²) in [6.45, 7) is -0.620. The van der Waals surface area contributed by atoms with Crippen molar-refractivity contribution in [1.82, 2.24) is 0 Å². The van der Waals surface area contributed by atoms with Crippen molar-refractivity contribution in [2.24, 2.45) is 11.8 Å². The van der Waals surface area contributed by atoms with Gasteiger partial charge in [0.05, 0.1) is 5.92 Å². The first kappa shape index (κ1) is 21.6. The molecule has 27 heavy (non-hydrogen) atoms. The van der Waals surface area contributed by atoms with Crippen molar-refractivity contribution in [1.29, 1.82) is 0 Å². The van der Waals surface area contributed by atoms with Gasteiger partial charge in [-0.2, -0.15) is 8.78 Å². The molecule has 2 rings (SSSR count). The van der Waals surface area contributed by atoms with Gasteiger partial charge in [-0.15, -0.1) is 0 Å². The van der Waals surface area contributed by atoms with Crippen molar-refractivity contribution < 1.29 is 23.0 Å². The highest BCUT2D eigenvalue weighted by Crippen LogP contribution is 2.33. The Morgan fingerprint density at radius 2 is 1.56 bits per heavy atom. The van der Waals surface area contributed by atoms with Crippen LogP contribution in [0.5, 0.6) is 11.5 Å². The summed E-state index contributed by atoms with van der Waals surface area (Å²) in [4.78, 5) is 12.3. The molecule has 152 valence electrons. The summed E-state index contributed by atoms with van der Waals surface area (Å²) in [5.41, 5.74) is 0. The van der Waals surface area contributed by atoms with E-state index in [9.17, 15) is 13.6 Å². The van der Waals surface area contributed by atoms with Gasteiger partial charge in [0.15, 0.2) is 0 Å². The molecule has 0 spiro atoms. The minimum Gasteiger partial charge on any atom is -0.435 e. The number of benzene rings is 1. The number of carbonyl (C=O) groups is 1. The number of hydrogen-bond donors (Lipinski definition) is 0. The van der Waals surface area contributed by atoms with E-state index in [0.29, 0.717) is 5.75 Å². The highest BCUT2D eigenvalue weighted by molar-refractivity contribution is 5.75. The Hall–Kier alpha value is -1.65. The third-order valence-electron chi connectivity index (χ3n) is 5.41. The molecule has 0 heterocycles. The summed E-state index contributed by atoms with van der Waals surface area (Å²) in [5, 5.41) is 0. The third-order valence-corrected chi connectivity index (χ3v) is 5.41. The second-order valence-electron chi connectivity index (χ2n) is 7.55. The number of rotatable bonds is 11. The summed E-state index contributed by atoms with van der Waals surface area (Å²) in [6.07, 6.45) is 13.2. The highest BCUT2D eigenvalue weighted by atomic mass is 19.3. The molecule has 0 aromatic heterocycles. The van der Waals surface area contributed by atoms with Crippen LogP contribution in [0.2, 0.25) is 0 Å². The van der Waals surface area contributed by atoms with Crippen molar-refractivity contribution in [2.45, 2.75) is 84.2 Å². The first-order valence-corrected chi connectivity index (χ1v) is 10.3. The number of alkyl halides is 2. The van der Waals surface area contributed by atoms with E-state index in [0.717, 1.165) is 31.6 Å². The molecule has 1 fully saturated rings. The molecule has 0 unspecified atom stereocenters. The molecule has 0 atom stereocenters. The van der Waals surface area contributed by atoms with Crippen LogP contribution in [0.1, 0.15) is 77.6 Å². The van der Waals surface area contributed by atoms with Gasteiger partial charge in [0.2, 0.25) is 0 Å². The van der Waals surface area contributed by atoms with Gasteiger partial charge < -0.3 is 9.47 Å². The molecule has 0 aliphatic heterocycles. The minimum absolute atomic E-state index is 0.0530. The lowest BCUT2D eigenvalue weighted by molar-refractivity contribution is -0.140. The Morgan fingerprint density at radius 3 is 2.19 bits per heavy atom. The van der Waals surface area contributed by atoms with E-state index < -0.39 is 6.61 Å². The second-order valence-corrected chi connectivity index (χ2v) is 7.55. The van der Waals surface area contributed by atoms with Crippen LogP contribution in [0.4, 0.5) is 8.78 Å². The summed E-state index contributed by atoms with van der Waals surface area (Å²) >= 11 is 0. The Labute approximate surface area is 161 Å². The minimum atomic E-state index is -2.86. The lowest BCUT2D eigenvalue weighted by Crippen LogP contribution is -2.25. The molecule has 0 saturated heterocycles. The van der Waals surface area contributed by atoms with E-state index in [2.05, 4.69) is 11.7 Å². The van der Waals surface area contributed by atoms with Gasteiger partial charge in [-0.3, -0.25) is 4.79 Å². The van der Waals surface area contributed by atoms with Crippen molar-refractivity contribution in [3.8, 4) is 11.5 Å². The fraction of sp³-hybridized carbons (Fsp3) is 0.682. The van der Waals surface area contributed by atoms with Crippen LogP contribution < -0.4 is 9.47 Å². The standard InChI is InChI=1S/C22H32F2O3/c1-2-3-4-5-6-7-8-17-9-11-18(12-10-17)21(25)26-19-13-15-20(16-14-19)27-22(23)24/h13-18,22H,2-12H2,1H3/t17-,18-. The van der Waals surface area contributed by atoms with Crippen LogP contribution in [-0.2, 0) is 4.79 Å². The zero-order valence-corrected chi connectivity index (χ0v) is 16.3. The summed E-state index contributed by atoms with van der Waals surface area (Å²) in [5.74, 6) is 0.903. The normalized spacial score (nSPS) is 19.9. The smallest absolute Gasteiger partial charge is 0.387 e. The van der Waals surface area contributed by atoms with Crippen molar-refractivity contribution >= 4 is 5.97 Å². The fourth-order valence-corrected chi connectivity index (χ4v) is 3.79. The van der Waals surface area contributed by atoms with Gasteiger partial charge >= 0.3 is 12.6 Å². The van der Waals surface area contributed by atoms with Gasteiger partial charge in [-0.1, -0.05) is 51.9 Å². The fourth-order valence-electron chi connectivity index (χ4n) is 3.79. The molecule has 3 nitrogen and oxygen atoms in total. The average molecular weight is 382 g/mol. The first-order valence-electron chi connectivity index (χ1n) is 10.3. The molecule has 1 aromatic rings. The van der Waals surface area contributed by atoms with Crippen LogP contribution in [0.15, 0.2) is 24.3 Å². The Kier molecular flexibility index (Phi) is 9.57. The monoisotopic (exact) mass is 382 g/mol. The SMILES string of the molecule is CCCCCCCC[C@H]1CC[C@H](C(=O)Oc2ccc(OC(F)F)cc2)CC1. The molecule has 0 bridgehead atoms. The topological polar surface area (TPSA) is 35.5 Å². The van der Waals surface area contributed by atoms with E-state index in [1.165, 1.54) is 69.2 Å². The van der Waals surface area contributed by atoms with Crippen LogP contribution in [0, 0.1) is 11.8 Å². The number of ether oxygens (including phenoxy) is 2. The van der Waals surface area contributed by atoms with E-state index in [4.69, 9.17) is 4.74 Å². The largest absolute Gasteiger partial charge is 0.435 e. The number of hydrogen-bond acceptors (Lipinski definition) is 3. The van der Waals surface area contributed by atoms with Crippen molar-refractivity contribution in [3.63, 3.8) is 0 Å². The van der Waals surface area contributed by atoms with Crippen molar-refractivity contribution in [2.75, 3.05) is 0 Å². The summed E-state index contributed by atoms with van der Waals surface area (Å²) in [7, 11) is 0. The average Bonchev–Trinajstić information content (AvgIpc) is 2.66. The zero-order valence-electron chi connectivity index (χ0n) is 16.3. The maximum absolute atomic E-state index is 12.3. The molecule has 1 aliphatic rings. The van der Waals surface area contributed by atoms with Gasteiger partial charge in [0.25, 0.3) is 0 Å². The molecular formula is C22H32F2O3. The van der Waals surface area contributed by atoms with Gasteiger partial charge in [-0.05, 0) is 55.9 Å². The third kappa shape index (κ3) is 8.27. The van der Waals surface area contributed by atoms with Gasteiger partial charge in [0.1, 0.15) is 11.5 Å². The maximum Gasteiger partial charge on any atom is 0.387 e. The number of halogens is 2. The number of esters is 1. The van der Waals surface area contributed by atoms with E-state index in [-0.39, 0.29) is 17.6 Å². The first-order chi connectivity index (χ1) is 13.1. The number of unbranched alkanes of at least 4 members (excludes halogenated alkanes) is 5. The van der Waals surface area contributed by atoms with E-state index >= 15 is 0 Å². The predicted octanol–water partition coefficient (Wildman–Crippen LogP) is 6.75. The van der Waals surface area contributed by atoms with Gasteiger partial charge in [0, 0.05) is 0 Å². The van der Waals surface area contributed by atoms with Crippen LogP contribution in [0.25, 0.3) is 0 Å². The second kappa shape index (κ2) is 11.9. The summed E-state index contributed by atoms with van der Waals surface area (Å²) in [6, 6.07) is 5.73. The zero-order chi connectivity index (χ0) is 19.5. The predicted molar refractivity (Wildman–Crippen MR) is 102 cm³/mol. The lowest BCUT2D eigenvalue weighted by Gasteiger charge is -2.27. The summed E-state index contributed by atoms with van der Waals surface area (Å²) < 4.78 is 34.0. The molecule has 0 N–H and O–H groups in total. The lowest BCUT2D eigenvalue weighted by atomic mass is 9.80.